The summed E-state index contributed by atoms with van der Waals surface area (Å²) in [5.41, 5.74) is 3.80. The van der Waals surface area contributed by atoms with Crippen molar-refractivity contribution >= 4 is 49.5 Å². The number of aryl methyl sites for hydroxylation is 1. The number of benzene rings is 4. The maximum Gasteiger partial charge on any atom is 0.240 e. The van der Waals surface area contributed by atoms with Crippen LogP contribution < -0.4 is 9.73 Å². The van der Waals surface area contributed by atoms with Gasteiger partial charge in [-0.1, -0.05) is 87.7 Å². The van der Waals surface area contributed by atoms with Gasteiger partial charge in [-0.2, -0.15) is 5.10 Å². The summed E-state index contributed by atoms with van der Waals surface area (Å²) < 4.78 is 29.5. The van der Waals surface area contributed by atoms with Gasteiger partial charge >= 0.3 is 0 Å². The molecule has 0 bridgehead atoms. The maximum absolute atomic E-state index is 12.9. The molecule has 37 heavy (non-hydrogen) atoms. The van der Waals surface area contributed by atoms with E-state index in [1.165, 1.54) is 0 Å². The molecule has 0 saturated heterocycles. The van der Waals surface area contributed by atoms with Crippen molar-refractivity contribution in [3.63, 3.8) is 0 Å². The third kappa shape index (κ3) is 7.52. The fraction of sp³-hybridized carbons (Fsp3) is 0.138. The Hall–Kier alpha value is -2.97. The fourth-order valence-corrected chi connectivity index (χ4v) is 5.45. The summed E-state index contributed by atoms with van der Waals surface area (Å²) in [6.45, 7) is 2.16. The van der Waals surface area contributed by atoms with E-state index < -0.39 is 10.0 Å². The standard InChI is InChI=1S/C29H27BrClN3O2S/c1-22-10-16-28(17-11-22)37(35,36)33-19-18-29(24-6-5-7-25(30)20-24)34(27-8-3-2-4-9-27)32-21-23-12-14-26(31)15-13-23/h2-17,20-21,29,33H,18-19H2,1H3/b32-21+. The first kappa shape index (κ1) is 27.1. The first-order valence-electron chi connectivity index (χ1n) is 11.8. The Morgan fingerprint density at radius 1 is 0.946 bits per heavy atom. The molecular weight excluding hydrogens is 570 g/mol. The van der Waals surface area contributed by atoms with Crippen molar-refractivity contribution in [2.45, 2.75) is 24.3 Å². The minimum atomic E-state index is -3.64. The number of rotatable bonds is 10. The molecule has 1 atom stereocenters. The lowest BCUT2D eigenvalue weighted by atomic mass is 10.0. The molecule has 0 aliphatic rings. The number of para-hydroxylation sites is 1. The largest absolute Gasteiger partial charge is 0.258 e. The second kappa shape index (κ2) is 12.5. The first-order chi connectivity index (χ1) is 17.8. The monoisotopic (exact) mass is 595 g/mol. The third-order valence-electron chi connectivity index (χ3n) is 5.79. The molecule has 0 spiro atoms. The Morgan fingerprint density at radius 3 is 2.32 bits per heavy atom. The number of nitrogens with one attached hydrogen (secondary N) is 1. The predicted octanol–water partition coefficient (Wildman–Crippen LogP) is 7.36. The lowest BCUT2D eigenvalue weighted by Crippen LogP contribution is -2.30. The van der Waals surface area contributed by atoms with E-state index in [4.69, 9.17) is 16.7 Å². The SMILES string of the molecule is Cc1ccc(S(=O)(=O)NCCC(c2cccc(Br)c2)N(/N=C/c2ccc(Cl)cc2)c2ccccc2)cc1. The van der Waals surface area contributed by atoms with Gasteiger partial charge in [0.2, 0.25) is 10.0 Å². The van der Waals surface area contributed by atoms with E-state index in [0.29, 0.717) is 11.4 Å². The lowest BCUT2D eigenvalue weighted by molar-refractivity contribution is 0.555. The molecule has 0 aromatic heterocycles. The predicted molar refractivity (Wildman–Crippen MR) is 156 cm³/mol. The fourth-order valence-electron chi connectivity index (χ4n) is 3.86. The molecule has 0 amide bonds. The van der Waals surface area contributed by atoms with Gasteiger partial charge in [0.15, 0.2) is 0 Å². The van der Waals surface area contributed by atoms with Gasteiger partial charge < -0.3 is 0 Å². The second-order valence-electron chi connectivity index (χ2n) is 8.55. The quantitative estimate of drug-likeness (QED) is 0.154. The number of anilines is 1. The highest BCUT2D eigenvalue weighted by Gasteiger charge is 2.22. The summed E-state index contributed by atoms with van der Waals surface area (Å²) in [5, 5.41) is 7.44. The van der Waals surface area contributed by atoms with E-state index in [1.807, 2.05) is 90.8 Å². The summed E-state index contributed by atoms with van der Waals surface area (Å²) >= 11 is 9.62. The minimum absolute atomic E-state index is 0.229. The van der Waals surface area contributed by atoms with Gasteiger partial charge in [-0.15, -0.1) is 0 Å². The summed E-state index contributed by atoms with van der Waals surface area (Å²) in [5.74, 6) is 0. The van der Waals surface area contributed by atoms with Crippen LogP contribution in [-0.2, 0) is 10.0 Å². The average molecular weight is 597 g/mol. The zero-order chi connectivity index (χ0) is 26.3. The topological polar surface area (TPSA) is 61.8 Å². The number of halogens is 2. The molecule has 0 aliphatic carbocycles. The van der Waals surface area contributed by atoms with Crippen molar-refractivity contribution in [2.75, 3.05) is 11.6 Å². The molecule has 0 fully saturated rings. The number of hydrazone groups is 1. The molecule has 4 aromatic carbocycles. The van der Waals surface area contributed by atoms with Gasteiger partial charge in [-0.3, -0.25) is 5.01 Å². The van der Waals surface area contributed by atoms with E-state index in [-0.39, 0.29) is 17.5 Å². The molecule has 190 valence electrons. The summed E-state index contributed by atoms with van der Waals surface area (Å²) in [6, 6.07) is 31.9. The van der Waals surface area contributed by atoms with Crippen molar-refractivity contribution in [3.05, 3.63) is 129 Å². The van der Waals surface area contributed by atoms with Crippen LogP contribution in [0, 0.1) is 6.92 Å². The van der Waals surface area contributed by atoms with Crippen molar-refractivity contribution in [1.82, 2.24) is 4.72 Å². The summed E-state index contributed by atoms with van der Waals surface area (Å²) in [7, 11) is -3.64. The van der Waals surface area contributed by atoms with Gasteiger partial charge in [0.25, 0.3) is 0 Å². The van der Waals surface area contributed by atoms with Crippen molar-refractivity contribution in [3.8, 4) is 0 Å². The van der Waals surface area contributed by atoms with E-state index in [2.05, 4.69) is 20.7 Å². The zero-order valence-corrected chi connectivity index (χ0v) is 23.4. The molecule has 1 unspecified atom stereocenters. The molecule has 0 heterocycles. The molecular formula is C29H27BrClN3O2S. The molecule has 4 aromatic rings. The Labute approximate surface area is 232 Å². The van der Waals surface area contributed by atoms with Crippen LogP contribution in [0.4, 0.5) is 5.69 Å². The van der Waals surface area contributed by atoms with Crippen LogP contribution in [-0.4, -0.2) is 21.2 Å². The molecule has 0 aliphatic heterocycles. The summed E-state index contributed by atoms with van der Waals surface area (Å²) in [6.07, 6.45) is 2.26. The lowest BCUT2D eigenvalue weighted by Gasteiger charge is -2.30. The van der Waals surface area contributed by atoms with Crippen molar-refractivity contribution in [2.24, 2.45) is 5.10 Å². The van der Waals surface area contributed by atoms with Crippen LogP contribution in [0.2, 0.25) is 5.02 Å². The van der Waals surface area contributed by atoms with Crippen LogP contribution >= 0.6 is 27.5 Å². The molecule has 5 nitrogen and oxygen atoms in total. The normalized spacial score (nSPS) is 12.5. The van der Waals surface area contributed by atoms with E-state index >= 15 is 0 Å². The molecule has 8 heteroatoms. The van der Waals surface area contributed by atoms with Gasteiger partial charge in [-0.25, -0.2) is 13.1 Å². The average Bonchev–Trinajstić information content (AvgIpc) is 2.89. The van der Waals surface area contributed by atoms with E-state index in [0.717, 1.165) is 26.9 Å². The van der Waals surface area contributed by atoms with Gasteiger partial charge in [0.05, 0.1) is 22.8 Å². The Kier molecular flexibility index (Phi) is 9.16. The van der Waals surface area contributed by atoms with Crippen LogP contribution in [0.5, 0.6) is 0 Å². The Balaban J connectivity index is 1.65. The van der Waals surface area contributed by atoms with Crippen molar-refractivity contribution < 1.29 is 8.42 Å². The number of hydrogen-bond donors (Lipinski definition) is 1. The molecule has 0 radical (unpaired) electrons. The van der Waals surface area contributed by atoms with Gasteiger partial charge in [0, 0.05) is 16.0 Å². The van der Waals surface area contributed by atoms with Crippen molar-refractivity contribution in [1.29, 1.82) is 0 Å². The third-order valence-corrected chi connectivity index (χ3v) is 8.01. The van der Waals surface area contributed by atoms with Crippen LogP contribution in [0.1, 0.15) is 29.2 Å². The molecule has 4 rings (SSSR count). The van der Waals surface area contributed by atoms with Gasteiger partial charge in [-0.05, 0) is 73.0 Å². The second-order valence-corrected chi connectivity index (χ2v) is 11.7. The summed E-state index contributed by atoms with van der Waals surface area (Å²) in [4.78, 5) is 0.248. The van der Waals surface area contributed by atoms with Crippen LogP contribution in [0.15, 0.2) is 118 Å². The number of sulfonamides is 1. The highest BCUT2D eigenvalue weighted by atomic mass is 79.9. The molecule has 1 N–H and O–H groups in total. The molecule has 0 saturated carbocycles. The van der Waals surface area contributed by atoms with Gasteiger partial charge in [0.1, 0.15) is 0 Å². The van der Waals surface area contributed by atoms with E-state index in [1.54, 1.807) is 30.5 Å². The Bertz CT molecular complexity index is 1440. The smallest absolute Gasteiger partial charge is 0.240 e. The maximum atomic E-state index is 12.9. The van der Waals surface area contributed by atoms with Crippen LogP contribution in [0.3, 0.4) is 0 Å². The highest BCUT2D eigenvalue weighted by molar-refractivity contribution is 9.10. The first-order valence-corrected chi connectivity index (χ1v) is 14.4. The van der Waals surface area contributed by atoms with Crippen LogP contribution in [0.25, 0.3) is 0 Å². The van der Waals surface area contributed by atoms with E-state index in [9.17, 15) is 8.42 Å². The number of hydrogen-bond acceptors (Lipinski definition) is 4. The minimum Gasteiger partial charge on any atom is -0.258 e. The number of nitrogens with zero attached hydrogens (tertiary/aromatic N) is 2. The Morgan fingerprint density at radius 2 is 1.65 bits per heavy atom. The highest BCUT2D eigenvalue weighted by Crippen LogP contribution is 2.31. The zero-order valence-electron chi connectivity index (χ0n) is 20.3.